The largest absolute Gasteiger partial charge is 0.348 e. The fraction of sp³-hybridized carbons (Fsp3) is 0.462. The molecule has 3 heteroatoms. The molecule has 0 aromatic carbocycles. The van der Waals surface area contributed by atoms with E-state index in [1.54, 1.807) is 6.20 Å². The first kappa shape index (κ1) is 12.7. The highest BCUT2D eigenvalue weighted by Gasteiger charge is 2.21. The van der Waals surface area contributed by atoms with Crippen molar-refractivity contribution in [2.24, 2.45) is 5.73 Å². The Labute approximate surface area is 98.0 Å². The molecule has 2 N–H and O–H groups in total. The highest BCUT2D eigenvalue weighted by atomic mass is 15.2. The quantitative estimate of drug-likeness (QED) is 0.790. The summed E-state index contributed by atoms with van der Waals surface area (Å²) in [5.74, 6) is 0.954. The summed E-state index contributed by atoms with van der Waals surface area (Å²) < 4.78 is 0. The fourth-order valence-electron chi connectivity index (χ4n) is 1.58. The zero-order valence-electron chi connectivity index (χ0n) is 10.4. The van der Waals surface area contributed by atoms with Crippen molar-refractivity contribution in [3.63, 3.8) is 0 Å². The molecule has 0 atom stereocenters. The predicted octanol–water partition coefficient (Wildman–Crippen LogP) is 2.33. The van der Waals surface area contributed by atoms with E-state index < -0.39 is 0 Å². The molecular weight excluding hydrogens is 198 g/mol. The van der Waals surface area contributed by atoms with Gasteiger partial charge < -0.3 is 10.6 Å². The molecule has 1 aromatic heterocycles. The van der Waals surface area contributed by atoms with Gasteiger partial charge in [0.05, 0.1) is 0 Å². The third-order valence-electron chi connectivity index (χ3n) is 2.44. The van der Waals surface area contributed by atoms with Crippen LogP contribution in [0.2, 0.25) is 0 Å². The fourth-order valence-corrected chi connectivity index (χ4v) is 1.58. The van der Waals surface area contributed by atoms with Crippen molar-refractivity contribution in [3.8, 4) is 0 Å². The summed E-state index contributed by atoms with van der Waals surface area (Å²) >= 11 is 0. The van der Waals surface area contributed by atoms with E-state index in [1.165, 1.54) is 0 Å². The SMILES string of the molecule is C=CCN(c1cc(CN)ccn1)C(C)(C)C. The topological polar surface area (TPSA) is 42.1 Å². The lowest BCUT2D eigenvalue weighted by molar-refractivity contribution is 0.517. The van der Waals surface area contributed by atoms with Gasteiger partial charge in [-0.15, -0.1) is 6.58 Å². The van der Waals surface area contributed by atoms with Crippen molar-refractivity contribution in [2.75, 3.05) is 11.4 Å². The standard InChI is InChI=1S/C13H21N3/c1-5-8-16(13(2,3)4)12-9-11(10-14)6-7-15-12/h5-7,9H,1,8,10,14H2,2-4H3. The molecule has 0 radical (unpaired) electrons. The zero-order valence-corrected chi connectivity index (χ0v) is 10.4. The molecule has 0 saturated carbocycles. The van der Waals surface area contributed by atoms with Crippen LogP contribution in [0.4, 0.5) is 5.82 Å². The Balaban J connectivity index is 3.05. The number of nitrogens with zero attached hydrogens (tertiary/aromatic N) is 2. The molecule has 0 aliphatic heterocycles. The molecule has 16 heavy (non-hydrogen) atoms. The van der Waals surface area contributed by atoms with E-state index in [9.17, 15) is 0 Å². The summed E-state index contributed by atoms with van der Waals surface area (Å²) in [6.07, 6.45) is 3.70. The molecule has 0 amide bonds. The minimum Gasteiger partial charge on any atom is -0.348 e. The van der Waals surface area contributed by atoms with Gasteiger partial charge in [-0.2, -0.15) is 0 Å². The lowest BCUT2D eigenvalue weighted by atomic mass is 10.1. The number of anilines is 1. The van der Waals surface area contributed by atoms with Gasteiger partial charge in [0.2, 0.25) is 0 Å². The van der Waals surface area contributed by atoms with Crippen molar-refractivity contribution in [2.45, 2.75) is 32.9 Å². The van der Waals surface area contributed by atoms with Gasteiger partial charge >= 0.3 is 0 Å². The monoisotopic (exact) mass is 219 g/mol. The second kappa shape index (κ2) is 5.12. The van der Waals surface area contributed by atoms with Gasteiger partial charge in [0.15, 0.2) is 0 Å². The molecule has 88 valence electrons. The first-order valence-electron chi connectivity index (χ1n) is 5.52. The van der Waals surface area contributed by atoms with Crippen LogP contribution in [0.1, 0.15) is 26.3 Å². The second-order valence-corrected chi connectivity index (χ2v) is 4.80. The van der Waals surface area contributed by atoms with Crippen molar-refractivity contribution >= 4 is 5.82 Å². The van der Waals surface area contributed by atoms with Crippen LogP contribution >= 0.6 is 0 Å². The van der Waals surface area contributed by atoms with E-state index in [0.717, 1.165) is 17.9 Å². The van der Waals surface area contributed by atoms with Crippen LogP contribution in [-0.4, -0.2) is 17.1 Å². The number of pyridine rings is 1. The highest BCUT2D eigenvalue weighted by Crippen LogP contribution is 2.22. The minimum absolute atomic E-state index is 0.0222. The third kappa shape index (κ3) is 3.07. The average molecular weight is 219 g/mol. The number of hydrogen-bond donors (Lipinski definition) is 1. The van der Waals surface area contributed by atoms with Crippen LogP contribution in [0.25, 0.3) is 0 Å². The summed E-state index contributed by atoms with van der Waals surface area (Å²) in [5, 5.41) is 0. The Kier molecular flexibility index (Phi) is 4.07. The molecule has 0 aliphatic carbocycles. The molecule has 1 aromatic rings. The maximum Gasteiger partial charge on any atom is 0.129 e. The van der Waals surface area contributed by atoms with Crippen molar-refractivity contribution < 1.29 is 0 Å². The van der Waals surface area contributed by atoms with E-state index in [0.29, 0.717) is 6.54 Å². The molecule has 0 aliphatic rings. The van der Waals surface area contributed by atoms with Gasteiger partial charge in [0, 0.05) is 24.8 Å². The van der Waals surface area contributed by atoms with Gasteiger partial charge in [-0.25, -0.2) is 4.98 Å². The highest BCUT2D eigenvalue weighted by molar-refractivity contribution is 5.44. The lowest BCUT2D eigenvalue weighted by Gasteiger charge is -2.36. The van der Waals surface area contributed by atoms with Crippen molar-refractivity contribution in [3.05, 3.63) is 36.5 Å². The van der Waals surface area contributed by atoms with Gasteiger partial charge in [-0.05, 0) is 38.5 Å². The molecule has 1 heterocycles. The van der Waals surface area contributed by atoms with E-state index in [1.807, 2.05) is 18.2 Å². The number of hydrogen-bond acceptors (Lipinski definition) is 3. The number of rotatable bonds is 4. The lowest BCUT2D eigenvalue weighted by Crippen LogP contribution is -2.42. The third-order valence-corrected chi connectivity index (χ3v) is 2.44. The molecule has 0 spiro atoms. The Morgan fingerprint density at radius 1 is 1.50 bits per heavy atom. The summed E-state index contributed by atoms with van der Waals surface area (Å²) in [4.78, 5) is 6.60. The van der Waals surface area contributed by atoms with Crippen LogP contribution in [0, 0.1) is 0 Å². The molecule has 0 unspecified atom stereocenters. The van der Waals surface area contributed by atoms with Gasteiger partial charge in [-0.1, -0.05) is 6.08 Å². The summed E-state index contributed by atoms with van der Waals surface area (Å²) in [6.45, 7) is 11.6. The Hall–Kier alpha value is -1.35. The molecule has 1 rings (SSSR count). The van der Waals surface area contributed by atoms with Crippen molar-refractivity contribution in [1.82, 2.24) is 4.98 Å². The summed E-state index contributed by atoms with van der Waals surface area (Å²) in [5.41, 5.74) is 6.76. The van der Waals surface area contributed by atoms with E-state index in [2.05, 4.69) is 37.2 Å². The van der Waals surface area contributed by atoms with Gasteiger partial charge in [0.25, 0.3) is 0 Å². The molecule has 0 fully saturated rings. The van der Waals surface area contributed by atoms with Crippen LogP contribution in [-0.2, 0) is 6.54 Å². The second-order valence-electron chi connectivity index (χ2n) is 4.80. The van der Waals surface area contributed by atoms with Gasteiger partial charge in [0.1, 0.15) is 5.82 Å². The maximum absolute atomic E-state index is 5.64. The average Bonchev–Trinajstić information content (AvgIpc) is 2.24. The van der Waals surface area contributed by atoms with Crippen LogP contribution in [0.5, 0.6) is 0 Å². The minimum atomic E-state index is 0.0222. The van der Waals surface area contributed by atoms with E-state index in [-0.39, 0.29) is 5.54 Å². The molecule has 3 nitrogen and oxygen atoms in total. The zero-order chi connectivity index (χ0) is 12.2. The van der Waals surface area contributed by atoms with E-state index in [4.69, 9.17) is 5.73 Å². The number of aromatic nitrogens is 1. The maximum atomic E-state index is 5.64. The normalized spacial score (nSPS) is 11.2. The van der Waals surface area contributed by atoms with Gasteiger partial charge in [-0.3, -0.25) is 0 Å². The molecule has 0 saturated heterocycles. The number of nitrogens with two attached hydrogens (primary N) is 1. The van der Waals surface area contributed by atoms with Crippen LogP contribution in [0.15, 0.2) is 31.0 Å². The van der Waals surface area contributed by atoms with Crippen molar-refractivity contribution in [1.29, 1.82) is 0 Å². The van der Waals surface area contributed by atoms with E-state index >= 15 is 0 Å². The summed E-state index contributed by atoms with van der Waals surface area (Å²) in [6, 6.07) is 3.98. The summed E-state index contributed by atoms with van der Waals surface area (Å²) in [7, 11) is 0. The smallest absolute Gasteiger partial charge is 0.129 e. The molecular formula is C13H21N3. The van der Waals surface area contributed by atoms with Crippen LogP contribution < -0.4 is 10.6 Å². The Morgan fingerprint density at radius 2 is 2.19 bits per heavy atom. The van der Waals surface area contributed by atoms with Crippen LogP contribution in [0.3, 0.4) is 0 Å². The predicted molar refractivity (Wildman–Crippen MR) is 69.4 cm³/mol. The first-order valence-corrected chi connectivity index (χ1v) is 5.52. The Morgan fingerprint density at radius 3 is 2.69 bits per heavy atom. The Bertz CT molecular complexity index is 352. The molecule has 0 bridgehead atoms. The first-order chi connectivity index (χ1) is 7.49.